The monoisotopic (exact) mass is 222 g/mol. The van der Waals surface area contributed by atoms with Gasteiger partial charge in [0.05, 0.1) is 0 Å². The Kier molecular flexibility index (Phi) is 5.42. The Morgan fingerprint density at radius 1 is 1.53 bits per heavy atom. The van der Waals surface area contributed by atoms with Crippen LogP contribution in [0, 0.1) is 0 Å². The smallest absolute Gasteiger partial charge is 0.265 e. The third kappa shape index (κ3) is 4.86. The van der Waals surface area contributed by atoms with Crippen LogP contribution in [0.1, 0.15) is 26.2 Å². The van der Waals surface area contributed by atoms with Crippen LogP contribution in [0.4, 0.5) is 8.78 Å². The molecule has 3 N–H and O–H groups in total. The molecule has 0 radical (unpaired) electrons. The summed E-state index contributed by atoms with van der Waals surface area (Å²) in [5, 5.41) is 15.2. The van der Waals surface area contributed by atoms with Gasteiger partial charge in [0.2, 0.25) is 0 Å². The average molecular weight is 222 g/mol. The number of nitrogens with one attached hydrogen (secondary N) is 2. The van der Waals surface area contributed by atoms with Crippen molar-refractivity contribution in [1.29, 1.82) is 0 Å². The molecule has 0 aromatic rings. The molecule has 0 spiro atoms. The number of aliphatic hydroxyl groups is 1. The van der Waals surface area contributed by atoms with Crippen molar-refractivity contribution in [3.8, 4) is 0 Å². The number of aliphatic hydroxyl groups excluding tert-OH is 1. The highest BCUT2D eigenvalue weighted by Gasteiger charge is 2.20. The van der Waals surface area contributed by atoms with Gasteiger partial charge < -0.3 is 15.7 Å². The molecule has 1 saturated heterocycles. The summed E-state index contributed by atoms with van der Waals surface area (Å²) in [6.07, 6.45) is -0.936. The molecule has 1 fully saturated rings. The summed E-state index contributed by atoms with van der Waals surface area (Å²) in [5.74, 6) is 0. The minimum atomic E-state index is -2.66. The van der Waals surface area contributed by atoms with Crippen LogP contribution in [0.5, 0.6) is 0 Å². The van der Waals surface area contributed by atoms with Gasteiger partial charge in [0.15, 0.2) is 0 Å². The summed E-state index contributed by atoms with van der Waals surface area (Å²) in [7, 11) is 0. The lowest BCUT2D eigenvalue weighted by atomic mass is 10.1. The van der Waals surface area contributed by atoms with E-state index in [1.807, 2.05) is 6.92 Å². The van der Waals surface area contributed by atoms with Gasteiger partial charge in [-0.1, -0.05) is 0 Å². The first-order valence-corrected chi connectivity index (χ1v) is 5.52. The van der Waals surface area contributed by atoms with E-state index in [4.69, 9.17) is 5.11 Å². The number of rotatable bonds is 6. The van der Waals surface area contributed by atoms with Gasteiger partial charge in [-0.15, -0.1) is 0 Å². The van der Waals surface area contributed by atoms with Crippen LogP contribution >= 0.6 is 0 Å². The largest absolute Gasteiger partial charge is 0.386 e. The van der Waals surface area contributed by atoms with Crippen LogP contribution in [0.15, 0.2) is 0 Å². The molecule has 0 saturated carbocycles. The molecule has 0 amide bonds. The number of halogens is 2. The molecule has 15 heavy (non-hydrogen) atoms. The second-order valence-electron chi connectivity index (χ2n) is 4.24. The number of hydrogen-bond acceptors (Lipinski definition) is 3. The Bertz CT molecular complexity index is 175. The van der Waals surface area contributed by atoms with Gasteiger partial charge >= 0.3 is 0 Å². The topological polar surface area (TPSA) is 44.3 Å². The van der Waals surface area contributed by atoms with Gasteiger partial charge in [0.25, 0.3) is 6.43 Å². The summed E-state index contributed by atoms with van der Waals surface area (Å²) in [4.78, 5) is 0. The van der Waals surface area contributed by atoms with Crippen molar-refractivity contribution in [3.05, 3.63) is 0 Å². The molecule has 5 heteroatoms. The molecule has 3 nitrogen and oxygen atoms in total. The predicted molar refractivity (Wildman–Crippen MR) is 55.1 cm³/mol. The Hall–Kier alpha value is -0.260. The molecule has 90 valence electrons. The maximum absolute atomic E-state index is 12.0. The first-order chi connectivity index (χ1) is 7.09. The second-order valence-corrected chi connectivity index (χ2v) is 4.24. The van der Waals surface area contributed by atoms with Crippen LogP contribution in [0.2, 0.25) is 0 Å². The highest BCUT2D eigenvalue weighted by Crippen LogP contribution is 2.10. The molecule has 0 bridgehead atoms. The van der Waals surface area contributed by atoms with Crippen LogP contribution < -0.4 is 10.6 Å². The molecule has 0 aliphatic carbocycles. The summed E-state index contributed by atoms with van der Waals surface area (Å²) >= 11 is 0. The van der Waals surface area contributed by atoms with Crippen LogP contribution in [-0.2, 0) is 0 Å². The van der Waals surface area contributed by atoms with Crippen molar-refractivity contribution in [2.45, 2.75) is 50.8 Å². The fourth-order valence-electron chi connectivity index (χ4n) is 1.88. The third-order valence-electron chi connectivity index (χ3n) is 2.77. The van der Waals surface area contributed by atoms with Crippen LogP contribution in [0.25, 0.3) is 0 Å². The van der Waals surface area contributed by atoms with Gasteiger partial charge in [-0.2, -0.15) is 0 Å². The Labute approximate surface area is 89.2 Å². The van der Waals surface area contributed by atoms with Crippen molar-refractivity contribution in [3.63, 3.8) is 0 Å². The van der Waals surface area contributed by atoms with Gasteiger partial charge in [0.1, 0.15) is 6.10 Å². The average Bonchev–Trinajstić information content (AvgIpc) is 2.66. The maximum Gasteiger partial charge on any atom is 0.265 e. The first-order valence-electron chi connectivity index (χ1n) is 5.52. The summed E-state index contributed by atoms with van der Waals surface area (Å²) in [6.45, 7) is 2.97. The highest BCUT2D eigenvalue weighted by atomic mass is 19.3. The molecule has 1 aliphatic rings. The van der Waals surface area contributed by atoms with Crippen molar-refractivity contribution < 1.29 is 13.9 Å². The van der Waals surface area contributed by atoms with Gasteiger partial charge in [-0.3, -0.25) is 0 Å². The predicted octanol–water partition coefficient (Wildman–Crippen LogP) is 0.733. The number of hydrogen-bond donors (Lipinski definition) is 3. The summed E-state index contributed by atoms with van der Waals surface area (Å²) in [5.41, 5.74) is 0. The van der Waals surface area contributed by atoms with Crippen molar-refractivity contribution >= 4 is 0 Å². The standard InChI is InChI=1S/C10H20F2N2O/c1-7(5-8-3-2-4-13-8)14-6-9(15)10(11)12/h7-10,13-15H,2-6H2,1H3. The first kappa shape index (κ1) is 12.8. The highest BCUT2D eigenvalue weighted by molar-refractivity contribution is 4.79. The second kappa shape index (κ2) is 6.35. The van der Waals surface area contributed by atoms with E-state index in [-0.39, 0.29) is 12.6 Å². The lowest BCUT2D eigenvalue weighted by Crippen LogP contribution is -2.40. The lowest BCUT2D eigenvalue weighted by molar-refractivity contribution is -0.00456. The fraction of sp³-hybridized carbons (Fsp3) is 1.00. The zero-order valence-electron chi connectivity index (χ0n) is 9.05. The fourth-order valence-corrected chi connectivity index (χ4v) is 1.88. The Balaban J connectivity index is 2.09. The minimum Gasteiger partial charge on any atom is -0.386 e. The van der Waals surface area contributed by atoms with E-state index < -0.39 is 12.5 Å². The van der Waals surface area contributed by atoms with E-state index in [0.29, 0.717) is 6.04 Å². The quantitative estimate of drug-likeness (QED) is 0.621. The van der Waals surface area contributed by atoms with E-state index in [1.54, 1.807) is 0 Å². The summed E-state index contributed by atoms with van der Waals surface area (Å²) < 4.78 is 24.0. The summed E-state index contributed by atoms with van der Waals surface area (Å²) in [6, 6.07) is 0.658. The van der Waals surface area contributed by atoms with Gasteiger partial charge in [-0.25, -0.2) is 8.78 Å². The Morgan fingerprint density at radius 3 is 2.80 bits per heavy atom. The van der Waals surface area contributed by atoms with Gasteiger partial charge in [-0.05, 0) is 32.7 Å². The normalized spacial score (nSPS) is 25.8. The zero-order chi connectivity index (χ0) is 11.3. The van der Waals surface area contributed by atoms with E-state index in [1.165, 1.54) is 6.42 Å². The molecule has 1 rings (SSSR count). The molecule has 3 unspecified atom stereocenters. The van der Waals surface area contributed by atoms with Crippen molar-refractivity contribution in [1.82, 2.24) is 10.6 Å². The van der Waals surface area contributed by atoms with E-state index in [2.05, 4.69) is 10.6 Å². The van der Waals surface area contributed by atoms with E-state index in [0.717, 1.165) is 19.4 Å². The zero-order valence-corrected chi connectivity index (χ0v) is 9.05. The lowest BCUT2D eigenvalue weighted by Gasteiger charge is -2.19. The Morgan fingerprint density at radius 2 is 2.27 bits per heavy atom. The van der Waals surface area contributed by atoms with Crippen molar-refractivity contribution in [2.75, 3.05) is 13.1 Å². The van der Waals surface area contributed by atoms with Crippen LogP contribution in [-0.4, -0.2) is 42.8 Å². The molecule has 1 aliphatic heterocycles. The van der Waals surface area contributed by atoms with Crippen LogP contribution in [0.3, 0.4) is 0 Å². The molecular formula is C10H20F2N2O. The molecule has 0 aromatic heterocycles. The molecular weight excluding hydrogens is 202 g/mol. The third-order valence-corrected chi connectivity index (χ3v) is 2.77. The van der Waals surface area contributed by atoms with E-state index >= 15 is 0 Å². The van der Waals surface area contributed by atoms with Gasteiger partial charge in [0, 0.05) is 18.6 Å². The molecule has 3 atom stereocenters. The number of alkyl halides is 2. The molecule has 1 heterocycles. The SMILES string of the molecule is CC(CC1CCCN1)NCC(O)C(F)F. The molecule has 0 aromatic carbocycles. The maximum atomic E-state index is 12.0. The minimum absolute atomic E-state index is 0.0362. The van der Waals surface area contributed by atoms with E-state index in [9.17, 15) is 8.78 Å². The van der Waals surface area contributed by atoms with Crippen molar-refractivity contribution in [2.24, 2.45) is 0 Å².